The quantitative estimate of drug-likeness (QED) is 0.850. The van der Waals surface area contributed by atoms with Gasteiger partial charge in [-0.05, 0) is 29.5 Å². The SMILES string of the molecule is O=S(CCCc1ccccc1)Cc1ccc(CO)cc1. The lowest BCUT2D eigenvalue weighted by Crippen LogP contribution is -2.02. The summed E-state index contributed by atoms with van der Waals surface area (Å²) in [5.41, 5.74) is 3.26. The average molecular weight is 288 g/mol. The molecule has 1 unspecified atom stereocenters. The molecule has 0 bridgehead atoms. The van der Waals surface area contributed by atoms with E-state index in [0.29, 0.717) is 5.75 Å². The highest BCUT2D eigenvalue weighted by atomic mass is 32.2. The summed E-state index contributed by atoms with van der Waals surface area (Å²) < 4.78 is 12.0. The zero-order valence-electron chi connectivity index (χ0n) is 11.5. The van der Waals surface area contributed by atoms with Gasteiger partial charge >= 0.3 is 0 Å². The van der Waals surface area contributed by atoms with Crippen LogP contribution in [0.2, 0.25) is 0 Å². The number of benzene rings is 2. The van der Waals surface area contributed by atoms with Gasteiger partial charge in [0.05, 0.1) is 6.61 Å². The predicted octanol–water partition coefficient (Wildman–Crippen LogP) is 3.06. The summed E-state index contributed by atoms with van der Waals surface area (Å²) in [6.07, 6.45) is 1.93. The highest BCUT2D eigenvalue weighted by Gasteiger charge is 2.02. The minimum Gasteiger partial charge on any atom is -0.392 e. The molecule has 2 nitrogen and oxygen atoms in total. The first kappa shape index (κ1) is 14.9. The summed E-state index contributed by atoms with van der Waals surface area (Å²) >= 11 is 0. The summed E-state index contributed by atoms with van der Waals surface area (Å²) in [5, 5.41) is 8.97. The van der Waals surface area contributed by atoms with E-state index in [0.717, 1.165) is 29.7 Å². The molecule has 0 amide bonds. The molecule has 106 valence electrons. The fourth-order valence-corrected chi connectivity index (χ4v) is 3.26. The van der Waals surface area contributed by atoms with Crippen LogP contribution < -0.4 is 0 Å². The highest BCUT2D eigenvalue weighted by Crippen LogP contribution is 2.09. The number of rotatable bonds is 7. The molecule has 0 heterocycles. The van der Waals surface area contributed by atoms with E-state index in [9.17, 15) is 4.21 Å². The number of aliphatic hydroxyl groups is 1. The second-order valence-electron chi connectivity index (χ2n) is 4.85. The zero-order valence-corrected chi connectivity index (χ0v) is 12.3. The first-order valence-corrected chi connectivity index (χ1v) is 8.34. The lowest BCUT2D eigenvalue weighted by Gasteiger charge is -2.04. The van der Waals surface area contributed by atoms with E-state index in [-0.39, 0.29) is 6.61 Å². The molecule has 0 fully saturated rings. The molecular weight excluding hydrogens is 268 g/mol. The molecular formula is C17H20O2S. The van der Waals surface area contributed by atoms with Crippen LogP contribution in [0.25, 0.3) is 0 Å². The van der Waals surface area contributed by atoms with E-state index in [1.807, 2.05) is 42.5 Å². The summed E-state index contributed by atoms with van der Waals surface area (Å²) in [5.74, 6) is 1.33. The minimum absolute atomic E-state index is 0.0560. The van der Waals surface area contributed by atoms with Gasteiger partial charge in [-0.1, -0.05) is 54.6 Å². The maximum Gasteiger partial charge on any atom is 0.0681 e. The Labute approximate surface area is 122 Å². The molecule has 0 saturated heterocycles. The van der Waals surface area contributed by atoms with E-state index in [1.54, 1.807) is 0 Å². The van der Waals surface area contributed by atoms with Gasteiger partial charge in [-0.3, -0.25) is 4.21 Å². The largest absolute Gasteiger partial charge is 0.392 e. The van der Waals surface area contributed by atoms with Crippen LogP contribution in [0.3, 0.4) is 0 Å². The van der Waals surface area contributed by atoms with Crippen LogP contribution in [0.4, 0.5) is 0 Å². The Morgan fingerprint density at radius 2 is 1.50 bits per heavy atom. The van der Waals surface area contributed by atoms with Gasteiger partial charge in [0.15, 0.2) is 0 Å². The van der Waals surface area contributed by atoms with Crippen molar-refractivity contribution in [1.29, 1.82) is 0 Å². The van der Waals surface area contributed by atoms with Crippen molar-refractivity contribution >= 4 is 10.8 Å². The molecule has 3 heteroatoms. The molecule has 0 saturated carbocycles. The number of hydrogen-bond donors (Lipinski definition) is 1. The Morgan fingerprint density at radius 1 is 0.850 bits per heavy atom. The van der Waals surface area contributed by atoms with Crippen molar-refractivity contribution in [1.82, 2.24) is 0 Å². The van der Waals surface area contributed by atoms with Crippen LogP contribution in [0.15, 0.2) is 54.6 Å². The van der Waals surface area contributed by atoms with Gasteiger partial charge in [0.1, 0.15) is 0 Å². The van der Waals surface area contributed by atoms with E-state index < -0.39 is 10.8 Å². The molecule has 2 rings (SSSR count). The third kappa shape index (κ3) is 4.91. The second-order valence-corrected chi connectivity index (χ2v) is 6.43. The van der Waals surface area contributed by atoms with Crippen LogP contribution in [0, 0.1) is 0 Å². The van der Waals surface area contributed by atoms with Crippen LogP contribution >= 0.6 is 0 Å². The van der Waals surface area contributed by atoms with Crippen molar-refractivity contribution < 1.29 is 9.32 Å². The van der Waals surface area contributed by atoms with Crippen molar-refractivity contribution in [2.75, 3.05) is 5.75 Å². The maximum atomic E-state index is 12.0. The molecule has 0 aromatic heterocycles. The third-order valence-electron chi connectivity index (χ3n) is 3.21. The molecule has 0 aliphatic rings. The summed E-state index contributed by atoms with van der Waals surface area (Å²) in [6.45, 7) is 0.0560. The van der Waals surface area contributed by atoms with Gasteiger partial charge < -0.3 is 5.11 Å². The topological polar surface area (TPSA) is 37.3 Å². The van der Waals surface area contributed by atoms with Gasteiger partial charge in [0, 0.05) is 22.3 Å². The summed E-state index contributed by atoms with van der Waals surface area (Å²) in [4.78, 5) is 0. The molecule has 1 atom stereocenters. The van der Waals surface area contributed by atoms with E-state index in [1.165, 1.54) is 5.56 Å². The standard InChI is InChI=1S/C17H20O2S/c18-13-16-8-10-17(11-9-16)14-20(19)12-4-7-15-5-2-1-3-6-15/h1-3,5-6,8-11,18H,4,7,12-14H2. The first-order chi connectivity index (χ1) is 9.78. The van der Waals surface area contributed by atoms with Crippen molar-refractivity contribution in [2.45, 2.75) is 25.2 Å². The number of hydrogen-bond acceptors (Lipinski definition) is 2. The monoisotopic (exact) mass is 288 g/mol. The van der Waals surface area contributed by atoms with Crippen molar-refractivity contribution in [2.24, 2.45) is 0 Å². The third-order valence-corrected chi connectivity index (χ3v) is 4.61. The second kappa shape index (κ2) is 7.98. The minimum atomic E-state index is -0.816. The fraction of sp³-hybridized carbons (Fsp3) is 0.294. The molecule has 0 aliphatic carbocycles. The van der Waals surface area contributed by atoms with E-state index >= 15 is 0 Å². The smallest absolute Gasteiger partial charge is 0.0681 e. The normalized spacial score (nSPS) is 12.2. The molecule has 2 aromatic rings. The molecule has 20 heavy (non-hydrogen) atoms. The van der Waals surface area contributed by atoms with Crippen molar-refractivity contribution in [3.05, 3.63) is 71.3 Å². The predicted molar refractivity (Wildman–Crippen MR) is 83.8 cm³/mol. The van der Waals surface area contributed by atoms with Crippen LogP contribution in [-0.2, 0) is 29.6 Å². The molecule has 0 spiro atoms. The summed E-state index contributed by atoms with van der Waals surface area (Å²) in [6, 6.07) is 18.0. The van der Waals surface area contributed by atoms with E-state index in [2.05, 4.69) is 12.1 Å². The van der Waals surface area contributed by atoms with Gasteiger partial charge in [-0.2, -0.15) is 0 Å². The Hall–Kier alpha value is -1.45. The number of aliphatic hydroxyl groups excluding tert-OH is 1. The van der Waals surface area contributed by atoms with E-state index in [4.69, 9.17) is 5.11 Å². The lowest BCUT2D eigenvalue weighted by molar-refractivity contribution is 0.282. The van der Waals surface area contributed by atoms with Gasteiger partial charge in [0.25, 0.3) is 0 Å². The van der Waals surface area contributed by atoms with Crippen LogP contribution in [0.5, 0.6) is 0 Å². The summed E-state index contributed by atoms with van der Waals surface area (Å²) in [7, 11) is -0.816. The van der Waals surface area contributed by atoms with Crippen LogP contribution in [-0.4, -0.2) is 15.1 Å². The Morgan fingerprint density at radius 3 is 2.15 bits per heavy atom. The lowest BCUT2D eigenvalue weighted by atomic mass is 10.1. The average Bonchev–Trinajstić information content (AvgIpc) is 2.49. The highest BCUT2D eigenvalue weighted by molar-refractivity contribution is 7.84. The zero-order chi connectivity index (χ0) is 14.2. The molecule has 1 N–H and O–H groups in total. The first-order valence-electron chi connectivity index (χ1n) is 6.85. The Kier molecular flexibility index (Phi) is 5.96. The van der Waals surface area contributed by atoms with Crippen molar-refractivity contribution in [3.8, 4) is 0 Å². The maximum absolute atomic E-state index is 12.0. The Bertz CT molecular complexity index is 535. The van der Waals surface area contributed by atoms with Gasteiger partial charge in [-0.25, -0.2) is 0 Å². The van der Waals surface area contributed by atoms with Gasteiger partial charge in [-0.15, -0.1) is 0 Å². The van der Waals surface area contributed by atoms with Gasteiger partial charge in [0.2, 0.25) is 0 Å². The Balaban J connectivity index is 1.74. The number of aryl methyl sites for hydroxylation is 1. The molecule has 0 aliphatic heterocycles. The fourth-order valence-electron chi connectivity index (χ4n) is 2.08. The molecule has 0 radical (unpaired) electrons. The van der Waals surface area contributed by atoms with Crippen LogP contribution in [0.1, 0.15) is 23.1 Å². The van der Waals surface area contributed by atoms with Crippen molar-refractivity contribution in [3.63, 3.8) is 0 Å². The molecule has 2 aromatic carbocycles.